The Bertz CT molecular complexity index is 1180. The summed E-state index contributed by atoms with van der Waals surface area (Å²) in [5, 5.41) is 40.0. The molecule has 2 saturated heterocycles. The molecule has 4 rings (SSSR count). The van der Waals surface area contributed by atoms with Crippen molar-refractivity contribution < 1.29 is 9.47 Å². The zero-order chi connectivity index (χ0) is 22.4. The third kappa shape index (κ3) is 2.43. The molecule has 0 spiro atoms. The van der Waals surface area contributed by atoms with Gasteiger partial charge in [-0.3, -0.25) is 5.41 Å². The molecule has 0 amide bonds. The molecule has 2 aromatic carbocycles. The van der Waals surface area contributed by atoms with Crippen molar-refractivity contribution in [3.63, 3.8) is 0 Å². The summed E-state index contributed by atoms with van der Waals surface area (Å²) < 4.78 is 12.5. The molecule has 0 radical (unpaired) electrons. The molecule has 1 N–H and O–H groups in total. The van der Waals surface area contributed by atoms with Crippen LogP contribution in [-0.4, -0.2) is 5.90 Å². The summed E-state index contributed by atoms with van der Waals surface area (Å²) in [5.41, 5.74) is -3.11. The van der Waals surface area contributed by atoms with E-state index in [1.165, 1.54) is 0 Å². The maximum atomic E-state index is 10.4. The van der Waals surface area contributed by atoms with Gasteiger partial charge in [-0.25, -0.2) is 0 Å². The van der Waals surface area contributed by atoms with Crippen LogP contribution in [0, 0.1) is 56.2 Å². The summed E-state index contributed by atoms with van der Waals surface area (Å²) in [4.78, 5) is 0. The van der Waals surface area contributed by atoms with Crippen molar-refractivity contribution in [1.29, 1.82) is 21.2 Å². The van der Waals surface area contributed by atoms with Gasteiger partial charge in [0.05, 0.1) is 34.2 Å². The van der Waals surface area contributed by atoms with Gasteiger partial charge in [0.1, 0.15) is 6.10 Å². The van der Waals surface area contributed by atoms with Crippen molar-refractivity contribution in [2.75, 3.05) is 0 Å². The highest BCUT2D eigenvalue weighted by molar-refractivity contribution is 6.42. The molecule has 31 heavy (non-hydrogen) atoms. The zero-order valence-electron chi connectivity index (χ0n) is 16.4. The molecule has 2 aliphatic rings. The summed E-state index contributed by atoms with van der Waals surface area (Å²) in [7, 11) is 0. The molecule has 0 aromatic heterocycles. The highest BCUT2D eigenvalue weighted by atomic mass is 35.5. The molecule has 2 heterocycles. The van der Waals surface area contributed by atoms with E-state index in [2.05, 4.69) is 6.07 Å². The van der Waals surface area contributed by atoms with Crippen LogP contribution in [0.1, 0.15) is 30.6 Å². The van der Waals surface area contributed by atoms with Crippen LogP contribution >= 0.6 is 23.2 Å². The van der Waals surface area contributed by atoms with Gasteiger partial charge in [-0.15, -0.1) is 0 Å². The molecule has 2 fully saturated rings. The minimum atomic E-state index is -2.09. The molecule has 0 saturated carbocycles. The molecular weight excluding hydrogens is 435 g/mol. The lowest BCUT2D eigenvalue weighted by Gasteiger charge is -2.49. The number of benzene rings is 2. The Morgan fingerprint density at radius 3 is 2.26 bits per heavy atom. The van der Waals surface area contributed by atoms with Gasteiger partial charge in [-0.2, -0.15) is 15.8 Å². The van der Waals surface area contributed by atoms with Crippen LogP contribution in [0.15, 0.2) is 48.5 Å². The maximum Gasteiger partial charge on any atom is 0.244 e. The van der Waals surface area contributed by atoms with Gasteiger partial charge < -0.3 is 9.47 Å². The Balaban J connectivity index is 2.11. The van der Waals surface area contributed by atoms with Crippen molar-refractivity contribution in [2.24, 2.45) is 16.7 Å². The van der Waals surface area contributed by atoms with E-state index in [9.17, 15) is 15.8 Å². The Labute approximate surface area is 189 Å². The van der Waals surface area contributed by atoms with Crippen LogP contribution in [0.25, 0.3) is 0 Å². The van der Waals surface area contributed by atoms with Gasteiger partial charge in [-0.1, -0.05) is 72.6 Å². The average Bonchev–Trinajstić information content (AvgIpc) is 3.00. The van der Waals surface area contributed by atoms with Crippen LogP contribution in [0.4, 0.5) is 0 Å². The molecule has 4 atom stereocenters. The minimum absolute atomic E-state index is 0.112. The lowest BCUT2D eigenvalue weighted by molar-refractivity contribution is -0.292. The van der Waals surface area contributed by atoms with E-state index in [0.717, 1.165) is 0 Å². The summed E-state index contributed by atoms with van der Waals surface area (Å²) in [5.74, 6) is -2.79. The van der Waals surface area contributed by atoms with Gasteiger partial charge in [0.15, 0.2) is 5.41 Å². The number of halogens is 2. The SMILES string of the molecule is CCC1C2(c3ccccc3)OC(=N)C1(C#N)C(C#N)(C#N)C(c1cccc(Cl)c1Cl)O2. The number of nitriles is 3. The quantitative estimate of drug-likeness (QED) is 0.663. The normalized spacial score (nSPS) is 30.5. The number of hydrogen-bond acceptors (Lipinski definition) is 6. The number of nitrogens with one attached hydrogen (secondary N) is 1. The predicted molar refractivity (Wildman–Crippen MR) is 113 cm³/mol. The second-order valence-corrected chi connectivity index (χ2v) is 8.30. The lowest BCUT2D eigenvalue weighted by Crippen LogP contribution is -2.58. The first kappa shape index (κ1) is 21.2. The fourth-order valence-electron chi connectivity index (χ4n) is 4.91. The van der Waals surface area contributed by atoms with E-state index >= 15 is 0 Å². The second-order valence-electron chi connectivity index (χ2n) is 7.52. The highest BCUT2D eigenvalue weighted by Crippen LogP contribution is 2.70. The molecule has 2 aliphatic heterocycles. The molecule has 6 nitrogen and oxygen atoms in total. The summed E-state index contributed by atoms with van der Waals surface area (Å²) >= 11 is 12.7. The number of hydrogen-bond donors (Lipinski definition) is 1. The fourth-order valence-corrected chi connectivity index (χ4v) is 5.31. The second kappa shape index (κ2) is 7.26. The first-order valence-corrected chi connectivity index (χ1v) is 10.3. The standard InChI is InChI=1S/C23H16Cl2N4O2/c1-2-17-22(13-28)20(29)31-23(17,14-7-4-3-5-8-14)30-19(21(22,11-26)12-27)15-9-6-10-16(24)18(15)25/h3-10,17,19,29H,2H2,1H3. The molecule has 2 bridgehead atoms. The first-order valence-electron chi connectivity index (χ1n) is 9.57. The van der Waals surface area contributed by atoms with Crippen LogP contribution in [0.5, 0.6) is 0 Å². The molecular formula is C23H16Cl2N4O2. The van der Waals surface area contributed by atoms with Crippen molar-refractivity contribution in [2.45, 2.75) is 25.2 Å². The number of fused-ring (bicyclic) bond motifs is 2. The fraction of sp³-hybridized carbons (Fsp3) is 0.304. The predicted octanol–water partition coefficient (Wildman–Crippen LogP) is 5.49. The van der Waals surface area contributed by atoms with Crippen LogP contribution in [-0.2, 0) is 15.3 Å². The van der Waals surface area contributed by atoms with Gasteiger partial charge in [-0.05, 0) is 12.5 Å². The van der Waals surface area contributed by atoms with Crippen molar-refractivity contribution in [3.05, 3.63) is 69.7 Å². The Morgan fingerprint density at radius 2 is 1.68 bits per heavy atom. The topological polar surface area (TPSA) is 114 Å². The van der Waals surface area contributed by atoms with Gasteiger partial charge in [0, 0.05) is 11.1 Å². The maximum absolute atomic E-state index is 10.4. The van der Waals surface area contributed by atoms with Crippen LogP contribution in [0.3, 0.4) is 0 Å². The number of rotatable bonds is 3. The molecule has 154 valence electrons. The third-order valence-corrected chi connectivity index (χ3v) is 7.11. The molecule has 8 heteroatoms. The Hall–Kier alpha value is -3.08. The van der Waals surface area contributed by atoms with E-state index in [0.29, 0.717) is 12.0 Å². The van der Waals surface area contributed by atoms with Gasteiger partial charge in [0.2, 0.25) is 17.1 Å². The number of ether oxygens (including phenoxy) is 2. The summed E-state index contributed by atoms with van der Waals surface area (Å²) in [6.07, 6.45) is -0.967. The largest absolute Gasteiger partial charge is 0.443 e. The van der Waals surface area contributed by atoms with Gasteiger partial charge >= 0.3 is 0 Å². The van der Waals surface area contributed by atoms with E-state index in [1.807, 2.05) is 25.1 Å². The van der Waals surface area contributed by atoms with Crippen LogP contribution < -0.4 is 0 Å². The summed E-state index contributed by atoms with van der Waals surface area (Å²) in [6, 6.07) is 19.9. The lowest BCUT2D eigenvalue weighted by atomic mass is 9.52. The van der Waals surface area contributed by atoms with Crippen molar-refractivity contribution in [3.8, 4) is 18.2 Å². The third-order valence-electron chi connectivity index (χ3n) is 6.28. The Morgan fingerprint density at radius 1 is 1.00 bits per heavy atom. The van der Waals surface area contributed by atoms with Crippen molar-refractivity contribution >= 4 is 29.1 Å². The highest BCUT2D eigenvalue weighted by Gasteiger charge is 2.80. The summed E-state index contributed by atoms with van der Waals surface area (Å²) in [6.45, 7) is 1.81. The molecule has 2 aromatic rings. The minimum Gasteiger partial charge on any atom is -0.443 e. The monoisotopic (exact) mass is 450 g/mol. The number of nitrogens with zero attached hydrogens (tertiary/aromatic N) is 3. The van der Waals surface area contributed by atoms with E-state index in [4.69, 9.17) is 38.1 Å². The van der Waals surface area contributed by atoms with Crippen molar-refractivity contribution in [1.82, 2.24) is 0 Å². The van der Waals surface area contributed by atoms with E-state index < -0.39 is 34.5 Å². The molecule has 0 aliphatic carbocycles. The zero-order valence-corrected chi connectivity index (χ0v) is 17.9. The van der Waals surface area contributed by atoms with E-state index in [-0.39, 0.29) is 15.6 Å². The van der Waals surface area contributed by atoms with Crippen LogP contribution in [0.2, 0.25) is 10.0 Å². The molecule has 4 unspecified atom stereocenters. The van der Waals surface area contributed by atoms with E-state index in [1.54, 1.807) is 42.5 Å². The smallest absolute Gasteiger partial charge is 0.244 e. The first-order chi connectivity index (χ1) is 14.9. The average molecular weight is 451 g/mol. The van der Waals surface area contributed by atoms with Gasteiger partial charge in [0.25, 0.3) is 0 Å². The Kier molecular flexibility index (Phi) is 4.95.